The molecule has 3 aliphatic rings. The summed E-state index contributed by atoms with van der Waals surface area (Å²) in [5.74, 6) is 0.936. The monoisotopic (exact) mass is 505 g/mol. The zero-order valence-corrected chi connectivity index (χ0v) is 21.7. The Morgan fingerprint density at radius 1 is 1.00 bits per heavy atom. The number of nitrogens with one attached hydrogen (secondary N) is 1. The maximum Gasteiger partial charge on any atom is 0.319 e. The number of likely N-dealkylation sites (tertiary alicyclic amines) is 3. The minimum absolute atomic E-state index is 0.133. The summed E-state index contributed by atoms with van der Waals surface area (Å²) in [6, 6.07) is 3.59. The first-order valence-electron chi connectivity index (χ1n) is 13.2. The Morgan fingerprint density at radius 3 is 2.31 bits per heavy atom. The fourth-order valence-electron chi connectivity index (χ4n) is 5.50. The second-order valence-corrected chi connectivity index (χ2v) is 10.5. The number of carbonyl (C=O) groups excluding carboxylic acids is 2. The van der Waals surface area contributed by atoms with Crippen molar-refractivity contribution in [3.63, 3.8) is 0 Å². The van der Waals surface area contributed by atoms with Gasteiger partial charge in [-0.15, -0.1) is 0 Å². The summed E-state index contributed by atoms with van der Waals surface area (Å²) in [4.78, 5) is 32.3. The van der Waals surface area contributed by atoms with E-state index >= 15 is 0 Å². The molecule has 194 valence electrons. The number of halogens is 1. The number of rotatable bonds is 6. The largest absolute Gasteiger partial charge is 0.493 e. The fourth-order valence-corrected chi connectivity index (χ4v) is 5.67. The lowest BCUT2D eigenvalue weighted by molar-refractivity contribution is 0.0880. The summed E-state index contributed by atoms with van der Waals surface area (Å²) < 4.78 is 5.61. The van der Waals surface area contributed by atoms with Gasteiger partial charge in [-0.3, -0.25) is 4.79 Å². The Labute approximate surface area is 214 Å². The van der Waals surface area contributed by atoms with Gasteiger partial charge in [-0.1, -0.05) is 11.6 Å². The van der Waals surface area contributed by atoms with Crippen LogP contribution in [0.4, 0.5) is 10.5 Å². The Morgan fingerprint density at radius 2 is 1.66 bits per heavy atom. The Bertz CT molecular complexity index is 876. The molecule has 0 aromatic heterocycles. The Kier molecular flexibility index (Phi) is 9.00. The van der Waals surface area contributed by atoms with Crippen LogP contribution in [0.1, 0.15) is 62.2 Å². The molecular formula is C26H40ClN5O3. The molecule has 3 aliphatic heterocycles. The van der Waals surface area contributed by atoms with E-state index in [4.69, 9.17) is 22.1 Å². The summed E-state index contributed by atoms with van der Waals surface area (Å²) in [7, 11) is 0. The van der Waals surface area contributed by atoms with E-state index in [2.05, 4.69) is 15.1 Å². The zero-order valence-electron chi connectivity index (χ0n) is 20.9. The highest BCUT2D eigenvalue weighted by molar-refractivity contribution is 6.33. The van der Waals surface area contributed by atoms with Gasteiger partial charge in [-0.2, -0.15) is 0 Å². The highest BCUT2D eigenvalue weighted by Gasteiger charge is 2.29. The summed E-state index contributed by atoms with van der Waals surface area (Å²) >= 11 is 6.16. The maximum absolute atomic E-state index is 12.9. The number of benzene rings is 1. The van der Waals surface area contributed by atoms with Crippen molar-refractivity contribution in [1.82, 2.24) is 20.0 Å². The topological polar surface area (TPSA) is 91.1 Å². The molecule has 8 nitrogen and oxygen atoms in total. The van der Waals surface area contributed by atoms with Crippen LogP contribution >= 0.6 is 11.6 Å². The summed E-state index contributed by atoms with van der Waals surface area (Å²) in [6.07, 6.45) is 7.52. The van der Waals surface area contributed by atoms with E-state index in [0.29, 0.717) is 34.5 Å². The molecule has 1 aromatic carbocycles. The van der Waals surface area contributed by atoms with E-state index in [1.165, 1.54) is 6.42 Å². The lowest BCUT2D eigenvalue weighted by Gasteiger charge is -2.39. The molecule has 0 bridgehead atoms. The highest BCUT2D eigenvalue weighted by Crippen LogP contribution is 2.29. The van der Waals surface area contributed by atoms with E-state index in [9.17, 15) is 9.59 Å². The number of hydrogen-bond donors (Lipinski definition) is 2. The molecule has 3 fully saturated rings. The molecule has 0 spiro atoms. The number of carbonyl (C=O) groups is 2. The van der Waals surface area contributed by atoms with Gasteiger partial charge in [0, 0.05) is 57.9 Å². The van der Waals surface area contributed by atoms with Gasteiger partial charge in [0.1, 0.15) is 5.75 Å². The van der Waals surface area contributed by atoms with Crippen LogP contribution in [-0.4, -0.2) is 85.1 Å². The van der Waals surface area contributed by atoms with Crippen LogP contribution in [0, 0.1) is 5.92 Å². The van der Waals surface area contributed by atoms with E-state index in [1.807, 2.05) is 11.8 Å². The minimum atomic E-state index is -0.167. The highest BCUT2D eigenvalue weighted by atomic mass is 35.5. The van der Waals surface area contributed by atoms with Gasteiger partial charge in [0.2, 0.25) is 0 Å². The number of nitrogens with two attached hydrogens (primary N) is 1. The molecule has 0 radical (unpaired) electrons. The molecular weight excluding hydrogens is 466 g/mol. The average Bonchev–Trinajstić information content (AvgIpc) is 2.88. The Balaban J connectivity index is 1.20. The predicted octanol–water partition coefficient (Wildman–Crippen LogP) is 3.83. The first kappa shape index (κ1) is 25.9. The molecule has 3 N–H and O–H groups in total. The third kappa shape index (κ3) is 6.73. The van der Waals surface area contributed by atoms with Crippen LogP contribution in [0.25, 0.3) is 0 Å². The van der Waals surface area contributed by atoms with Crippen molar-refractivity contribution in [2.24, 2.45) is 5.92 Å². The van der Waals surface area contributed by atoms with Crippen molar-refractivity contribution >= 4 is 29.2 Å². The molecule has 3 saturated heterocycles. The normalized spacial score (nSPS) is 20.6. The van der Waals surface area contributed by atoms with Crippen molar-refractivity contribution in [3.8, 4) is 5.75 Å². The molecule has 9 heteroatoms. The minimum Gasteiger partial charge on any atom is -0.493 e. The number of piperidine rings is 3. The first-order chi connectivity index (χ1) is 16.9. The molecule has 4 rings (SSSR count). The zero-order chi connectivity index (χ0) is 24.8. The standard InChI is InChI=1S/C26H40ClN5O3/c1-2-35-24-17-23(28)22(27)16-21(24)25(33)29-20-8-12-30(13-9-20)18-19-6-14-32(15-7-19)26(34)31-10-4-3-5-11-31/h16-17,19-20H,2-15,18,28H2,1H3,(H,29,33). The predicted molar refractivity (Wildman–Crippen MR) is 139 cm³/mol. The molecule has 0 unspecified atom stereocenters. The third-order valence-electron chi connectivity index (χ3n) is 7.59. The van der Waals surface area contributed by atoms with Crippen molar-refractivity contribution in [2.75, 3.05) is 58.2 Å². The van der Waals surface area contributed by atoms with Gasteiger partial charge in [0.15, 0.2) is 0 Å². The van der Waals surface area contributed by atoms with Gasteiger partial charge in [-0.25, -0.2) is 4.79 Å². The van der Waals surface area contributed by atoms with E-state index in [0.717, 1.165) is 84.3 Å². The van der Waals surface area contributed by atoms with Crippen molar-refractivity contribution in [1.29, 1.82) is 0 Å². The van der Waals surface area contributed by atoms with Crippen molar-refractivity contribution in [2.45, 2.75) is 57.9 Å². The van der Waals surface area contributed by atoms with Crippen molar-refractivity contribution < 1.29 is 14.3 Å². The van der Waals surface area contributed by atoms with Crippen LogP contribution < -0.4 is 15.8 Å². The van der Waals surface area contributed by atoms with Crippen LogP contribution in [0.15, 0.2) is 12.1 Å². The number of urea groups is 1. The number of hydrogen-bond acceptors (Lipinski definition) is 5. The molecule has 35 heavy (non-hydrogen) atoms. The number of amides is 3. The lowest BCUT2D eigenvalue weighted by atomic mass is 9.94. The summed E-state index contributed by atoms with van der Waals surface area (Å²) in [6.45, 7) is 8.93. The second-order valence-electron chi connectivity index (χ2n) is 10.1. The lowest BCUT2D eigenvalue weighted by Crippen LogP contribution is -2.50. The average molecular weight is 506 g/mol. The van der Waals surface area contributed by atoms with Gasteiger partial charge in [0.25, 0.3) is 5.91 Å². The van der Waals surface area contributed by atoms with Crippen LogP contribution in [0.3, 0.4) is 0 Å². The summed E-state index contributed by atoms with van der Waals surface area (Å²) in [5.41, 5.74) is 6.72. The van der Waals surface area contributed by atoms with Gasteiger partial charge >= 0.3 is 6.03 Å². The van der Waals surface area contributed by atoms with E-state index in [1.54, 1.807) is 12.1 Å². The number of nitrogens with zero attached hydrogens (tertiary/aromatic N) is 3. The van der Waals surface area contributed by atoms with Gasteiger partial charge in [-0.05, 0) is 63.9 Å². The third-order valence-corrected chi connectivity index (χ3v) is 7.92. The molecule has 0 aliphatic carbocycles. The van der Waals surface area contributed by atoms with Crippen molar-refractivity contribution in [3.05, 3.63) is 22.7 Å². The molecule has 1 aromatic rings. The SMILES string of the molecule is CCOc1cc(N)c(Cl)cc1C(=O)NC1CCN(CC2CCN(C(=O)N3CCCCC3)CC2)CC1. The van der Waals surface area contributed by atoms with E-state index in [-0.39, 0.29) is 18.0 Å². The smallest absolute Gasteiger partial charge is 0.319 e. The molecule has 3 amide bonds. The number of anilines is 1. The second kappa shape index (κ2) is 12.2. The summed E-state index contributed by atoms with van der Waals surface area (Å²) in [5, 5.41) is 3.52. The number of ether oxygens (including phenoxy) is 1. The fraction of sp³-hybridized carbons (Fsp3) is 0.692. The molecule has 0 saturated carbocycles. The van der Waals surface area contributed by atoms with E-state index < -0.39 is 0 Å². The maximum atomic E-state index is 12.9. The molecule has 0 atom stereocenters. The van der Waals surface area contributed by atoms with Gasteiger partial charge < -0.3 is 30.5 Å². The van der Waals surface area contributed by atoms with Crippen LogP contribution in [0.5, 0.6) is 5.75 Å². The Hall–Kier alpha value is -2.19. The van der Waals surface area contributed by atoms with Gasteiger partial charge in [0.05, 0.1) is 22.9 Å². The number of nitrogen functional groups attached to an aromatic ring is 1. The van der Waals surface area contributed by atoms with Crippen LogP contribution in [0.2, 0.25) is 5.02 Å². The molecule has 3 heterocycles. The first-order valence-corrected chi connectivity index (χ1v) is 13.6. The quantitative estimate of drug-likeness (QED) is 0.573. The van der Waals surface area contributed by atoms with Crippen LogP contribution in [-0.2, 0) is 0 Å².